The van der Waals surface area contributed by atoms with Crippen molar-refractivity contribution in [1.82, 2.24) is 10.2 Å². The second-order valence-electron chi connectivity index (χ2n) is 3.42. The van der Waals surface area contributed by atoms with Crippen LogP contribution in [-0.4, -0.2) is 34.7 Å². The summed E-state index contributed by atoms with van der Waals surface area (Å²) >= 11 is 0. The van der Waals surface area contributed by atoms with Crippen LogP contribution in [0.25, 0.3) is 0 Å². The minimum absolute atomic E-state index is 0.443. The molecule has 0 aliphatic carbocycles. The number of aliphatic hydroxyl groups excluding tert-OH is 1. The average Bonchev–Trinajstić information content (AvgIpc) is 2.38. The summed E-state index contributed by atoms with van der Waals surface area (Å²) in [5.74, 6) is -0.620. The molecule has 0 saturated carbocycles. The second kappa shape index (κ2) is 4.95. The van der Waals surface area contributed by atoms with Crippen LogP contribution in [0.4, 0.5) is 4.79 Å². The van der Waals surface area contributed by atoms with E-state index in [-0.39, 0.29) is 0 Å². The Labute approximate surface area is 83.1 Å². The molecule has 1 heterocycles. The summed E-state index contributed by atoms with van der Waals surface area (Å²) in [4.78, 5) is 23.1. The van der Waals surface area contributed by atoms with Gasteiger partial charge in [0.05, 0.1) is 0 Å². The normalized spacial score (nSPS) is 21.6. The summed E-state index contributed by atoms with van der Waals surface area (Å²) in [6, 6.07) is -0.487. The topological polar surface area (TPSA) is 69.6 Å². The zero-order chi connectivity index (χ0) is 10.6. The molecule has 0 aromatic heterocycles. The van der Waals surface area contributed by atoms with Crippen molar-refractivity contribution in [2.45, 2.75) is 38.8 Å². The number of nitrogens with one attached hydrogen (secondary N) is 1. The number of carbonyl (C=O) groups is 2. The van der Waals surface area contributed by atoms with Crippen molar-refractivity contribution in [2.75, 3.05) is 6.54 Å². The van der Waals surface area contributed by atoms with E-state index in [1.807, 2.05) is 0 Å². The van der Waals surface area contributed by atoms with E-state index >= 15 is 0 Å². The Morgan fingerprint density at radius 2 is 2.07 bits per heavy atom. The molecule has 1 rings (SSSR count). The summed E-state index contributed by atoms with van der Waals surface area (Å²) in [5, 5.41) is 11.3. The molecule has 1 aliphatic heterocycles. The Bertz CT molecular complexity index is 230. The van der Waals surface area contributed by atoms with Crippen molar-refractivity contribution in [2.24, 2.45) is 0 Å². The monoisotopic (exact) mass is 200 g/mol. The first-order valence-electron chi connectivity index (χ1n) is 4.96. The summed E-state index contributed by atoms with van der Waals surface area (Å²) in [6.45, 7) is 2.54. The zero-order valence-electron chi connectivity index (χ0n) is 8.32. The molecule has 5 heteroatoms. The Morgan fingerprint density at radius 1 is 1.36 bits per heavy atom. The van der Waals surface area contributed by atoms with Gasteiger partial charge >= 0.3 is 6.03 Å². The molecule has 0 aromatic carbocycles. The second-order valence-corrected chi connectivity index (χ2v) is 3.42. The first-order chi connectivity index (χ1) is 6.66. The van der Waals surface area contributed by atoms with Crippen LogP contribution in [0.1, 0.15) is 32.6 Å². The number of urea groups is 1. The summed E-state index contributed by atoms with van der Waals surface area (Å²) in [6.07, 6.45) is 2.78. The fraction of sp³-hybridized carbons (Fsp3) is 0.778. The van der Waals surface area contributed by atoms with E-state index in [2.05, 4.69) is 12.2 Å². The van der Waals surface area contributed by atoms with E-state index < -0.39 is 18.2 Å². The van der Waals surface area contributed by atoms with Gasteiger partial charge in [-0.25, -0.2) is 4.79 Å². The van der Waals surface area contributed by atoms with Crippen molar-refractivity contribution >= 4 is 11.9 Å². The zero-order valence-corrected chi connectivity index (χ0v) is 8.32. The lowest BCUT2D eigenvalue weighted by Crippen LogP contribution is -2.35. The van der Waals surface area contributed by atoms with Crippen LogP contribution in [0.3, 0.4) is 0 Å². The van der Waals surface area contributed by atoms with Crippen molar-refractivity contribution in [1.29, 1.82) is 0 Å². The summed E-state index contributed by atoms with van der Waals surface area (Å²) < 4.78 is 0. The van der Waals surface area contributed by atoms with E-state index in [1.54, 1.807) is 0 Å². The molecular weight excluding hydrogens is 184 g/mol. The number of carbonyl (C=O) groups excluding carboxylic acids is 2. The number of imide groups is 1. The van der Waals surface area contributed by atoms with Crippen LogP contribution < -0.4 is 5.32 Å². The lowest BCUT2D eigenvalue weighted by Gasteiger charge is -2.16. The van der Waals surface area contributed by atoms with E-state index in [1.165, 1.54) is 0 Å². The Hall–Kier alpha value is -1.10. The maximum absolute atomic E-state index is 11.1. The molecular formula is C9H16N2O3. The van der Waals surface area contributed by atoms with Crippen molar-refractivity contribution in [3.8, 4) is 0 Å². The molecule has 2 N–H and O–H groups in total. The van der Waals surface area contributed by atoms with Crippen molar-refractivity contribution < 1.29 is 14.7 Å². The molecule has 1 saturated heterocycles. The predicted octanol–water partition coefficient (Wildman–Crippen LogP) is 0.437. The van der Waals surface area contributed by atoms with Gasteiger partial charge in [0, 0.05) is 6.54 Å². The third kappa shape index (κ3) is 2.45. The van der Waals surface area contributed by atoms with Crippen LogP contribution >= 0.6 is 0 Å². The van der Waals surface area contributed by atoms with E-state index in [0.29, 0.717) is 6.54 Å². The van der Waals surface area contributed by atoms with Gasteiger partial charge in [-0.15, -0.1) is 0 Å². The van der Waals surface area contributed by atoms with Gasteiger partial charge in [0.2, 0.25) is 6.23 Å². The van der Waals surface area contributed by atoms with Crippen LogP contribution in [-0.2, 0) is 4.79 Å². The van der Waals surface area contributed by atoms with E-state index in [4.69, 9.17) is 0 Å². The average molecular weight is 200 g/mol. The van der Waals surface area contributed by atoms with Crippen LogP contribution in [0.2, 0.25) is 0 Å². The van der Waals surface area contributed by atoms with Gasteiger partial charge in [0.25, 0.3) is 5.91 Å². The van der Waals surface area contributed by atoms with Crippen LogP contribution in [0.5, 0.6) is 0 Å². The van der Waals surface area contributed by atoms with E-state index in [9.17, 15) is 14.7 Å². The number of hydrogen-bond donors (Lipinski definition) is 2. The quantitative estimate of drug-likeness (QED) is 0.499. The maximum atomic E-state index is 11.1. The molecule has 0 radical (unpaired) electrons. The molecule has 1 aliphatic rings. The number of rotatable bonds is 5. The minimum atomic E-state index is -1.29. The predicted molar refractivity (Wildman–Crippen MR) is 50.4 cm³/mol. The number of aliphatic hydroxyl groups is 1. The van der Waals surface area contributed by atoms with Crippen molar-refractivity contribution in [3.63, 3.8) is 0 Å². The van der Waals surface area contributed by atoms with Gasteiger partial charge < -0.3 is 5.11 Å². The minimum Gasteiger partial charge on any atom is -0.365 e. The van der Waals surface area contributed by atoms with E-state index in [0.717, 1.165) is 30.6 Å². The highest BCUT2D eigenvalue weighted by Gasteiger charge is 2.35. The standard InChI is InChI=1S/C9H16N2O3/c1-2-3-4-5-6-11-8(13)7(12)10-9(11)14/h8,13H,2-6H2,1H3,(H,10,12,14). The molecule has 1 fully saturated rings. The lowest BCUT2D eigenvalue weighted by atomic mass is 10.2. The van der Waals surface area contributed by atoms with Gasteiger partial charge in [0.15, 0.2) is 0 Å². The SMILES string of the molecule is CCCCCCN1C(=O)NC(=O)C1O. The Morgan fingerprint density at radius 3 is 2.57 bits per heavy atom. The summed E-state index contributed by atoms with van der Waals surface area (Å²) in [5.41, 5.74) is 0. The highest BCUT2D eigenvalue weighted by molar-refractivity contribution is 6.03. The molecule has 0 bridgehead atoms. The third-order valence-electron chi connectivity index (χ3n) is 2.27. The molecule has 0 aromatic rings. The number of hydrogen-bond acceptors (Lipinski definition) is 3. The first kappa shape index (κ1) is 11.0. The fourth-order valence-electron chi connectivity index (χ4n) is 1.43. The number of nitrogens with zero attached hydrogens (tertiary/aromatic N) is 1. The van der Waals surface area contributed by atoms with Gasteiger partial charge in [-0.3, -0.25) is 15.0 Å². The van der Waals surface area contributed by atoms with Gasteiger partial charge in [-0.2, -0.15) is 0 Å². The molecule has 0 spiro atoms. The van der Waals surface area contributed by atoms with Gasteiger partial charge in [-0.05, 0) is 6.42 Å². The largest absolute Gasteiger partial charge is 0.365 e. The highest BCUT2D eigenvalue weighted by Crippen LogP contribution is 2.08. The van der Waals surface area contributed by atoms with Crippen LogP contribution in [0.15, 0.2) is 0 Å². The number of unbranched alkanes of at least 4 members (excludes halogenated alkanes) is 3. The highest BCUT2D eigenvalue weighted by atomic mass is 16.3. The molecule has 3 amide bonds. The molecule has 1 unspecified atom stereocenters. The lowest BCUT2D eigenvalue weighted by molar-refractivity contribution is -0.130. The first-order valence-corrected chi connectivity index (χ1v) is 4.96. The number of amides is 3. The Balaban J connectivity index is 2.29. The van der Waals surface area contributed by atoms with Gasteiger partial charge in [-0.1, -0.05) is 26.2 Å². The summed E-state index contributed by atoms with van der Waals surface area (Å²) in [7, 11) is 0. The fourth-order valence-corrected chi connectivity index (χ4v) is 1.43. The van der Waals surface area contributed by atoms with Gasteiger partial charge in [0.1, 0.15) is 0 Å². The third-order valence-corrected chi connectivity index (χ3v) is 2.27. The smallest absolute Gasteiger partial charge is 0.326 e. The molecule has 80 valence electrons. The maximum Gasteiger partial charge on any atom is 0.326 e. The molecule has 14 heavy (non-hydrogen) atoms. The van der Waals surface area contributed by atoms with Crippen molar-refractivity contribution in [3.05, 3.63) is 0 Å². The molecule has 1 atom stereocenters. The Kier molecular flexibility index (Phi) is 3.88. The molecule has 5 nitrogen and oxygen atoms in total. The van der Waals surface area contributed by atoms with Crippen LogP contribution in [0, 0.1) is 0 Å².